The topological polar surface area (TPSA) is 124 Å². The number of aliphatic hydroxyl groups is 1. The number of ether oxygens (including phenoxy) is 4. The Morgan fingerprint density at radius 2 is 1.86 bits per heavy atom. The fourth-order valence-corrected chi connectivity index (χ4v) is 6.57. The number of hydrogen-bond acceptors (Lipinski definition) is 8. The quantitative estimate of drug-likeness (QED) is 0.589. The molecule has 0 unspecified atom stereocenters. The van der Waals surface area contributed by atoms with Crippen LogP contribution in [0.25, 0.3) is 0 Å². The number of carbonyl (C=O) groups excluding carboxylic acids is 1. The van der Waals surface area contributed by atoms with Crippen molar-refractivity contribution in [2.24, 2.45) is 0 Å². The lowest BCUT2D eigenvalue weighted by atomic mass is 9.96. The Morgan fingerprint density at radius 3 is 2.69 bits per heavy atom. The third kappa shape index (κ3) is 5.50. The molecule has 3 heterocycles. The summed E-state index contributed by atoms with van der Waals surface area (Å²) in [7, 11) is -3.85. The van der Waals surface area contributed by atoms with Gasteiger partial charge < -0.3 is 29.4 Å². The first-order valence-electron chi connectivity index (χ1n) is 12.0. The number of β-amino-alcohol motifs (C(OH)–C–C–N with tert-alkyl or cyclic N) is 1. The molecule has 3 aliphatic rings. The minimum absolute atomic E-state index is 0.00801. The molecule has 2 fully saturated rings. The van der Waals surface area contributed by atoms with Crippen molar-refractivity contribution in [3.05, 3.63) is 54.1 Å². The predicted molar refractivity (Wildman–Crippen MR) is 128 cm³/mol. The highest BCUT2D eigenvalue weighted by Gasteiger charge is 2.43. The van der Waals surface area contributed by atoms with E-state index in [4.69, 9.17) is 18.9 Å². The van der Waals surface area contributed by atoms with E-state index in [1.807, 2.05) is 18.2 Å². The molecule has 11 heteroatoms. The Kier molecular flexibility index (Phi) is 7.44. The third-order valence-electron chi connectivity index (χ3n) is 6.62. The predicted octanol–water partition coefficient (Wildman–Crippen LogP) is 1.42. The summed E-state index contributed by atoms with van der Waals surface area (Å²) in [6.45, 7) is 0.603. The van der Waals surface area contributed by atoms with Crippen molar-refractivity contribution in [2.75, 3.05) is 26.6 Å². The van der Waals surface area contributed by atoms with Crippen LogP contribution in [0.4, 0.5) is 0 Å². The standard InChI is InChI=1S/C25H30N2O8S/c28-18-13-27(36(30,31)20-4-2-1-3-5-20)21-8-7-19(35-24(21)15-32-14-18)11-25(29)26-12-17-6-9-22-23(10-17)34-16-33-22/h1-6,9-10,18-19,21,24,28H,7-8,11-16H2,(H,26,29)/t18-,19-,21+,24-/m0/s1. The summed E-state index contributed by atoms with van der Waals surface area (Å²) in [6, 6.07) is 13.2. The first kappa shape index (κ1) is 25.0. The summed E-state index contributed by atoms with van der Waals surface area (Å²) in [5.74, 6) is 1.19. The van der Waals surface area contributed by atoms with Gasteiger partial charge in [-0.25, -0.2) is 8.42 Å². The van der Waals surface area contributed by atoms with Gasteiger partial charge in [0.25, 0.3) is 0 Å². The number of amides is 1. The van der Waals surface area contributed by atoms with Gasteiger partial charge in [0.1, 0.15) is 0 Å². The monoisotopic (exact) mass is 518 g/mol. The molecule has 5 rings (SSSR count). The molecular weight excluding hydrogens is 488 g/mol. The Morgan fingerprint density at radius 1 is 1.06 bits per heavy atom. The maximum atomic E-state index is 13.4. The van der Waals surface area contributed by atoms with Gasteiger partial charge in [-0.15, -0.1) is 0 Å². The molecule has 0 aliphatic carbocycles. The number of hydrogen-bond donors (Lipinski definition) is 2. The normalized spacial score (nSPS) is 26.5. The van der Waals surface area contributed by atoms with Gasteiger partial charge in [-0.1, -0.05) is 24.3 Å². The first-order valence-corrected chi connectivity index (χ1v) is 13.5. The van der Waals surface area contributed by atoms with Crippen molar-refractivity contribution in [3.8, 4) is 11.5 Å². The van der Waals surface area contributed by atoms with E-state index >= 15 is 0 Å². The SMILES string of the molecule is O=C(C[C@@H]1CC[C@@H]2[C@H](COC[C@@H](O)CN2S(=O)(=O)c2ccccc2)O1)NCc1ccc2c(c1)OCO2. The number of nitrogens with one attached hydrogen (secondary N) is 1. The summed E-state index contributed by atoms with van der Waals surface area (Å²) in [5.41, 5.74) is 0.894. The zero-order valence-electron chi connectivity index (χ0n) is 19.7. The van der Waals surface area contributed by atoms with Gasteiger partial charge in [0.15, 0.2) is 11.5 Å². The Labute approximate surface area is 210 Å². The van der Waals surface area contributed by atoms with Crippen LogP contribution in [0.2, 0.25) is 0 Å². The molecule has 4 atom stereocenters. The number of rotatable bonds is 6. The van der Waals surface area contributed by atoms with E-state index in [2.05, 4.69) is 5.32 Å². The molecule has 194 valence electrons. The van der Waals surface area contributed by atoms with Crippen molar-refractivity contribution < 1.29 is 37.3 Å². The van der Waals surface area contributed by atoms with Gasteiger partial charge in [-0.3, -0.25) is 4.79 Å². The molecule has 2 aromatic rings. The van der Waals surface area contributed by atoms with E-state index in [-0.39, 0.29) is 49.9 Å². The largest absolute Gasteiger partial charge is 0.454 e. The summed E-state index contributed by atoms with van der Waals surface area (Å²) >= 11 is 0. The van der Waals surface area contributed by atoms with Crippen molar-refractivity contribution in [3.63, 3.8) is 0 Å². The van der Waals surface area contributed by atoms with E-state index in [0.29, 0.717) is 30.9 Å². The van der Waals surface area contributed by atoms with E-state index in [1.165, 1.54) is 4.31 Å². The second-order valence-electron chi connectivity index (χ2n) is 9.19. The summed E-state index contributed by atoms with van der Waals surface area (Å²) in [6.07, 6.45) is -0.692. The Hall–Kier alpha value is -2.70. The van der Waals surface area contributed by atoms with Crippen LogP contribution >= 0.6 is 0 Å². The van der Waals surface area contributed by atoms with Gasteiger partial charge in [0.05, 0.1) is 48.9 Å². The second kappa shape index (κ2) is 10.7. The van der Waals surface area contributed by atoms with Crippen LogP contribution in [-0.2, 0) is 30.8 Å². The number of aliphatic hydroxyl groups excluding tert-OH is 1. The molecule has 2 saturated heterocycles. The summed E-state index contributed by atoms with van der Waals surface area (Å²) < 4.78 is 50.7. The lowest BCUT2D eigenvalue weighted by Gasteiger charge is -2.43. The molecule has 0 aromatic heterocycles. The van der Waals surface area contributed by atoms with Gasteiger partial charge in [0.2, 0.25) is 22.7 Å². The maximum absolute atomic E-state index is 13.4. The highest BCUT2D eigenvalue weighted by atomic mass is 32.2. The molecule has 1 amide bonds. The first-order chi connectivity index (χ1) is 17.4. The van der Waals surface area contributed by atoms with E-state index in [0.717, 1.165) is 5.56 Å². The van der Waals surface area contributed by atoms with Crippen LogP contribution in [0.1, 0.15) is 24.8 Å². The molecule has 3 aliphatic heterocycles. The molecule has 0 radical (unpaired) electrons. The van der Waals surface area contributed by atoms with E-state index in [1.54, 1.807) is 30.3 Å². The molecule has 36 heavy (non-hydrogen) atoms. The minimum Gasteiger partial charge on any atom is -0.454 e. The van der Waals surface area contributed by atoms with Crippen LogP contribution in [0.5, 0.6) is 11.5 Å². The molecule has 2 N–H and O–H groups in total. The second-order valence-corrected chi connectivity index (χ2v) is 11.1. The van der Waals surface area contributed by atoms with Crippen LogP contribution in [0.15, 0.2) is 53.4 Å². The Bertz CT molecular complexity index is 1180. The average molecular weight is 519 g/mol. The molecule has 0 bridgehead atoms. The van der Waals surface area contributed by atoms with Crippen LogP contribution in [-0.4, -0.2) is 74.6 Å². The van der Waals surface area contributed by atoms with E-state index < -0.39 is 28.3 Å². The highest BCUT2D eigenvalue weighted by Crippen LogP contribution is 2.33. The lowest BCUT2D eigenvalue weighted by Crippen LogP contribution is -2.57. The van der Waals surface area contributed by atoms with Crippen molar-refractivity contribution in [1.82, 2.24) is 9.62 Å². The summed E-state index contributed by atoms with van der Waals surface area (Å²) in [5, 5.41) is 13.2. The minimum atomic E-state index is -3.85. The Balaban J connectivity index is 1.22. The fraction of sp³-hybridized carbons (Fsp3) is 0.480. The molecular formula is C25H30N2O8S. The highest BCUT2D eigenvalue weighted by molar-refractivity contribution is 7.89. The zero-order valence-corrected chi connectivity index (χ0v) is 20.6. The van der Waals surface area contributed by atoms with Crippen molar-refractivity contribution in [1.29, 1.82) is 0 Å². The molecule has 0 saturated carbocycles. The van der Waals surface area contributed by atoms with Gasteiger partial charge in [-0.05, 0) is 42.7 Å². The van der Waals surface area contributed by atoms with Crippen LogP contribution in [0.3, 0.4) is 0 Å². The fourth-order valence-electron chi connectivity index (χ4n) is 4.83. The van der Waals surface area contributed by atoms with Crippen LogP contribution < -0.4 is 14.8 Å². The lowest BCUT2D eigenvalue weighted by molar-refractivity contribution is -0.146. The molecule has 0 spiro atoms. The summed E-state index contributed by atoms with van der Waals surface area (Å²) in [4.78, 5) is 12.8. The van der Waals surface area contributed by atoms with Crippen molar-refractivity contribution >= 4 is 15.9 Å². The van der Waals surface area contributed by atoms with Gasteiger partial charge in [-0.2, -0.15) is 4.31 Å². The number of nitrogens with zero attached hydrogens (tertiary/aromatic N) is 1. The van der Waals surface area contributed by atoms with Crippen LogP contribution in [0, 0.1) is 0 Å². The van der Waals surface area contributed by atoms with E-state index in [9.17, 15) is 18.3 Å². The van der Waals surface area contributed by atoms with Gasteiger partial charge >= 0.3 is 0 Å². The molecule has 2 aromatic carbocycles. The third-order valence-corrected chi connectivity index (χ3v) is 8.53. The molecule has 10 nitrogen and oxygen atoms in total. The number of fused-ring (bicyclic) bond motifs is 2. The van der Waals surface area contributed by atoms with Gasteiger partial charge in [0, 0.05) is 13.1 Å². The number of sulfonamides is 1. The number of carbonyl (C=O) groups is 1. The maximum Gasteiger partial charge on any atom is 0.243 e. The smallest absolute Gasteiger partial charge is 0.243 e. The van der Waals surface area contributed by atoms with Crippen molar-refractivity contribution in [2.45, 2.75) is 55.1 Å². The average Bonchev–Trinajstić information content (AvgIpc) is 3.34. The zero-order chi connectivity index (χ0) is 25.1. The number of benzene rings is 2.